The van der Waals surface area contributed by atoms with E-state index >= 15 is 0 Å². The Labute approximate surface area is 177 Å². The molecule has 1 aliphatic rings. The van der Waals surface area contributed by atoms with Gasteiger partial charge >= 0.3 is 0 Å². The molecule has 1 amide bonds. The molecule has 0 aromatic carbocycles. The number of carbonyl (C=O) groups excluding carboxylic acids is 1. The zero-order valence-corrected chi connectivity index (χ0v) is 18.8. The van der Waals surface area contributed by atoms with Crippen molar-refractivity contribution < 1.29 is 4.79 Å². The van der Waals surface area contributed by atoms with E-state index in [0.29, 0.717) is 6.54 Å². The molecule has 0 spiro atoms. The number of nitrogens with zero attached hydrogens (tertiary/aromatic N) is 3. The molecule has 0 radical (unpaired) electrons. The summed E-state index contributed by atoms with van der Waals surface area (Å²) in [4.78, 5) is 17.5. The largest absolute Gasteiger partial charge is 0.347 e. The standard InChI is InChI=1S/C18H27N5OS.2ClH/c1-11(17-22-15(10-25-17)18(2,3)4)21-16(24)14-8-19-7-13(14)12-6-20-23(5)9-12;;/h6,9-11,13-14,19H,7-8H2,1-5H3,(H,21,24);2*1H/t11?,13-,14+;;/m1../s1. The number of aromatic nitrogens is 3. The van der Waals surface area contributed by atoms with Gasteiger partial charge in [-0.25, -0.2) is 4.98 Å². The zero-order chi connectivity index (χ0) is 18.2. The summed E-state index contributed by atoms with van der Waals surface area (Å²) in [6, 6.07) is -0.0799. The molecule has 3 heterocycles. The number of amides is 1. The molecule has 0 aliphatic carbocycles. The summed E-state index contributed by atoms with van der Waals surface area (Å²) in [7, 11) is 1.90. The minimum absolute atomic E-state index is 0. The van der Waals surface area contributed by atoms with Crippen molar-refractivity contribution in [1.29, 1.82) is 0 Å². The number of hydrogen-bond acceptors (Lipinski definition) is 5. The quantitative estimate of drug-likeness (QED) is 0.776. The van der Waals surface area contributed by atoms with Crippen LogP contribution in [0.4, 0.5) is 0 Å². The lowest BCUT2D eigenvalue weighted by molar-refractivity contribution is -0.125. The SMILES string of the molecule is CC(NC(=O)[C@H]1CNC[C@@H]1c1cnn(C)c1)c1nc(C(C)(C)C)cs1.Cl.Cl. The van der Waals surface area contributed by atoms with Crippen LogP contribution in [0.3, 0.4) is 0 Å². The lowest BCUT2D eigenvalue weighted by Crippen LogP contribution is -2.36. The van der Waals surface area contributed by atoms with Gasteiger partial charge in [-0.15, -0.1) is 36.2 Å². The summed E-state index contributed by atoms with van der Waals surface area (Å²) < 4.78 is 1.79. The molecule has 6 nitrogen and oxygen atoms in total. The average molecular weight is 434 g/mol. The van der Waals surface area contributed by atoms with Crippen LogP contribution in [0.2, 0.25) is 0 Å². The number of halogens is 2. The van der Waals surface area contributed by atoms with E-state index in [9.17, 15) is 4.79 Å². The third-order valence-electron chi connectivity index (χ3n) is 4.72. The molecule has 2 aromatic heterocycles. The third kappa shape index (κ3) is 5.44. The predicted octanol–water partition coefficient (Wildman–Crippen LogP) is 3.20. The Balaban J connectivity index is 0.00000182. The van der Waals surface area contributed by atoms with Crippen molar-refractivity contribution in [3.05, 3.63) is 34.0 Å². The fourth-order valence-electron chi connectivity index (χ4n) is 3.15. The minimum atomic E-state index is -0.0799. The molecule has 1 saturated heterocycles. The number of aryl methyl sites for hydroxylation is 1. The van der Waals surface area contributed by atoms with Gasteiger partial charge in [-0.1, -0.05) is 20.8 Å². The minimum Gasteiger partial charge on any atom is -0.347 e. The smallest absolute Gasteiger partial charge is 0.225 e. The monoisotopic (exact) mass is 433 g/mol. The van der Waals surface area contributed by atoms with Crippen LogP contribution in [0.15, 0.2) is 17.8 Å². The first kappa shape index (κ1) is 23.9. The first-order valence-electron chi connectivity index (χ1n) is 8.71. The van der Waals surface area contributed by atoms with E-state index in [4.69, 9.17) is 4.98 Å². The Bertz CT molecular complexity index is 755. The van der Waals surface area contributed by atoms with Crippen LogP contribution in [0, 0.1) is 5.92 Å². The highest BCUT2D eigenvalue weighted by molar-refractivity contribution is 7.09. The number of rotatable bonds is 4. The normalized spacial score (nSPS) is 20.5. The van der Waals surface area contributed by atoms with Crippen molar-refractivity contribution in [2.75, 3.05) is 13.1 Å². The summed E-state index contributed by atoms with van der Waals surface area (Å²) in [5.74, 6) is 0.176. The fraction of sp³-hybridized carbons (Fsp3) is 0.611. The fourth-order valence-corrected chi connectivity index (χ4v) is 4.20. The number of nitrogens with one attached hydrogen (secondary N) is 2. The van der Waals surface area contributed by atoms with Crippen LogP contribution in [-0.4, -0.2) is 33.8 Å². The van der Waals surface area contributed by atoms with Gasteiger partial charge in [-0.2, -0.15) is 5.10 Å². The van der Waals surface area contributed by atoms with Gasteiger partial charge in [0, 0.05) is 43.0 Å². The van der Waals surface area contributed by atoms with E-state index in [1.807, 2.05) is 26.4 Å². The van der Waals surface area contributed by atoms with Crippen LogP contribution < -0.4 is 10.6 Å². The van der Waals surface area contributed by atoms with Crippen molar-refractivity contribution in [3.8, 4) is 0 Å². The van der Waals surface area contributed by atoms with Crippen LogP contribution in [-0.2, 0) is 17.3 Å². The van der Waals surface area contributed by atoms with E-state index in [-0.39, 0.29) is 54.0 Å². The Kier molecular flexibility index (Phi) is 8.29. The molecule has 0 bridgehead atoms. The van der Waals surface area contributed by atoms with Gasteiger partial charge < -0.3 is 10.6 Å². The topological polar surface area (TPSA) is 71.8 Å². The summed E-state index contributed by atoms with van der Waals surface area (Å²) >= 11 is 1.61. The summed E-state index contributed by atoms with van der Waals surface area (Å²) in [5, 5.41) is 13.8. The van der Waals surface area contributed by atoms with Crippen molar-refractivity contribution in [2.45, 2.75) is 45.1 Å². The second-order valence-corrected chi connectivity index (χ2v) is 8.76. The Morgan fingerprint density at radius 2 is 2.07 bits per heavy atom. The number of thiazole rings is 1. The maximum absolute atomic E-state index is 12.8. The van der Waals surface area contributed by atoms with Gasteiger partial charge in [0.05, 0.1) is 23.9 Å². The molecule has 2 aromatic rings. The van der Waals surface area contributed by atoms with Crippen molar-refractivity contribution in [3.63, 3.8) is 0 Å². The molecule has 2 N–H and O–H groups in total. The third-order valence-corrected chi connectivity index (χ3v) is 5.75. The molecule has 27 heavy (non-hydrogen) atoms. The maximum Gasteiger partial charge on any atom is 0.225 e. The van der Waals surface area contributed by atoms with Gasteiger partial charge in [-0.3, -0.25) is 9.48 Å². The van der Waals surface area contributed by atoms with E-state index < -0.39 is 0 Å². The van der Waals surface area contributed by atoms with E-state index in [1.54, 1.807) is 16.0 Å². The van der Waals surface area contributed by atoms with Crippen LogP contribution >= 0.6 is 36.2 Å². The molecule has 152 valence electrons. The highest BCUT2D eigenvalue weighted by Gasteiger charge is 2.35. The first-order chi connectivity index (χ1) is 11.8. The first-order valence-corrected chi connectivity index (χ1v) is 9.59. The van der Waals surface area contributed by atoms with Crippen LogP contribution in [0.25, 0.3) is 0 Å². The summed E-state index contributed by atoms with van der Waals surface area (Å²) in [6.45, 7) is 9.96. The molecule has 0 saturated carbocycles. The number of hydrogen-bond donors (Lipinski definition) is 2. The molecular weight excluding hydrogens is 405 g/mol. The number of carbonyl (C=O) groups is 1. The molecule has 1 fully saturated rings. The van der Waals surface area contributed by atoms with E-state index in [1.165, 1.54) is 0 Å². The molecule has 3 atom stereocenters. The Morgan fingerprint density at radius 1 is 1.37 bits per heavy atom. The van der Waals surface area contributed by atoms with Gasteiger partial charge in [0.1, 0.15) is 5.01 Å². The van der Waals surface area contributed by atoms with E-state index in [2.05, 4.69) is 41.9 Å². The lowest BCUT2D eigenvalue weighted by Gasteiger charge is -2.20. The molecule has 3 rings (SSSR count). The molecule has 1 unspecified atom stereocenters. The predicted molar refractivity (Wildman–Crippen MR) is 114 cm³/mol. The molecular formula is C18H29Cl2N5OS. The average Bonchev–Trinajstić information content (AvgIpc) is 3.26. The molecule has 1 aliphatic heterocycles. The highest BCUT2D eigenvalue weighted by Crippen LogP contribution is 2.30. The maximum atomic E-state index is 12.8. The van der Waals surface area contributed by atoms with Gasteiger partial charge in [0.15, 0.2) is 0 Å². The highest BCUT2D eigenvalue weighted by atomic mass is 35.5. The van der Waals surface area contributed by atoms with Crippen molar-refractivity contribution in [1.82, 2.24) is 25.4 Å². The second-order valence-electron chi connectivity index (χ2n) is 7.87. The van der Waals surface area contributed by atoms with Crippen molar-refractivity contribution >= 4 is 42.1 Å². The van der Waals surface area contributed by atoms with Gasteiger partial charge in [0.2, 0.25) is 5.91 Å². The Hall–Kier alpha value is -1.15. The lowest BCUT2D eigenvalue weighted by atomic mass is 9.90. The zero-order valence-electron chi connectivity index (χ0n) is 16.4. The van der Waals surface area contributed by atoms with Crippen molar-refractivity contribution in [2.24, 2.45) is 13.0 Å². The van der Waals surface area contributed by atoms with E-state index in [0.717, 1.165) is 22.8 Å². The molecule has 9 heteroatoms. The summed E-state index contributed by atoms with van der Waals surface area (Å²) in [5.41, 5.74) is 2.22. The van der Waals surface area contributed by atoms with Gasteiger partial charge in [0.25, 0.3) is 0 Å². The van der Waals surface area contributed by atoms with Crippen LogP contribution in [0.5, 0.6) is 0 Å². The Morgan fingerprint density at radius 3 is 2.63 bits per heavy atom. The second kappa shape index (κ2) is 9.37. The van der Waals surface area contributed by atoms with Crippen LogP contribution in [0.1, 0.15) is 55.9 Å². The van der Waals surface area contributed by atoms with Gasteiger partial charge in [-0.05, 0) is 12.5 Å². The summed E-state index contributed by atoms with van der Waals surface area (Å²) in [6.07, 6.45) is 3.86.